The van der Waals surface area contributed by atoms with Crippen molar-refractivity contribution >= 4 is 11.8 Å². The lowest BCUT2D eigenvalue weighted by Crippen LogP contribution is -2.43. The van der Waals surface area contributed by atoms with E-state index in [4.69, 9.17) is 11.2 Å². The number of aliphatic hydroxyl groups excluding tert-OH is 2. The Morgan fingerprint density at radius 1 is 0.889 bits per heavy atom. The fourth-order valence-corrected chi connectivity index (χ4v) is 4.09. The van der Waals surface area contributed by atoms with Crippen LogP contribution in [-0.4, -0.2) is 40.3 Å². The van der Waals surface area contributed by atoms with Crippen molar-refractivity contribution in [3.63, 3.8) is 0 Å². The molecule has 0 unspecified atom stereocenters. The molecular formula is C22H36O5. The molecule has 0 bridgehead atoms. The standard InChI is InChI=1S/C22H36O5/c1-9-18-15(6)21(25)16(7)19(23)12(3)10-11(2)13(4)14(5)20(24)17(8)22(26)27-18/h1,11-18,20-21,24-25H,10H2,2-8H3/t11-,12+,13-,14+,15-,16-,17+,18+,20-,21-/m0/s1. The average Bonchev–Trinajstić information content (AvgIpc) is 2.66. The van der Waals surface area contributed by atoms with Crippen molar-refractivity contribution in [2.24, 2.45) is 41.4 Å². The molecule has 1 aliphatic rings. The minimum Gasteiger partial charge on any atom is -0.448 e. The van der Waals surface area contributed by atoms with E-state index in [0.717, 1.165) is 0 Å². The SMILES string of the molecule is C#C[C@H]1OC(=O)[C@H](C)[C@@H](O)[C@H](C)[C@@H](C)[C@@H](C)C[C@@H](C)C(=O)[C@H](C)[C@@H](O)[C@H]1C. The molecule has 5 nitrogen and oxygen atoms in total. The lowest BCUT2D eigenvalue weighted by atomic mass is 9.73. The molecule has 27 heavy (non-hydrogen) atoms. The maximum absolute atomic E-state index is 12.8. The van der Waals surface area contributed by atoms with Gasteiger partial charge in [0.1, 0.15) is 5.78 Å². The van der Waals surface area contributed by atoms with Crippen molar-refractivity contribution in [1.82, 2.24) is 0 Å². The van der Waals surface area contributed by atoms with E-state index in [1.54, 1.807) is 20.8 Å². The number of cyclic esters (lactones) is 1. The Morgan fingerprint density at radius 3 is 1.93 bits per heavy atom. The van der Waals surface area contributed by atoms with E-state index in [2.05, 4.69) is 12.8 Å². The van der Waals surface area contributed by atoms with Crippen LogP contribution in [0.4, 0.5) is 0 Å². The molecule has 1 saturated heterocycles. The molecular weight excluding hydrogens is 344 g/mol. The number of rotatable bonds is 0. The van der Waals surface area contributed by atoms with Crippen molar-refractivity contribution in [2.45, 2.75) is 73.2 Å². The third-order valence-corrected chi connectivity index (χ3v) is 6.75. The van der Waals surface area contributed by atoms with Crippen molar-refractivity contribution in [3.8, 4) is 12.3 Å². The summed E-state index contributed by atoms with van der Waals surface area (Å²) in [6.07, 6.45) is 3.35. The second kappa shape index (κ2) is 9.71. The highest BCUT2D eigenvalue weighted by Gasteiger charge is 2.39. The van der Waals surface area contributed by atoms with E-state index in [0.29, 0.717) is 6.42 Å². The van der Waals surface area contributed by atoms with Gasteiger partial charge in [0.25, 0.3) is 0 Å². The number of ketones is 1. The minimum atomic E-state index is -1.01. The highest BCUT2D eigenvalue weighted by atomic mass is 16.5. The van der Waals surface area contributed by atoms with Gasteiger partial charge in [0.15, 0.2) is 6.10 Å². The zero-order valence-electron chi connectivity index (χ0n) is 17.7. The lowest BCUT2D eigenvalue weighted by molar-refractivity contribution is -0.161. The van der Waals surface area contributed by atoms with Crippen LogP contribution in [0.25, 0.3) is 0 Å². The first kappa shape index (κ1) is 23.7. The van der Waals surface area contributed by atoms with Crippen molar-refractivity contribution < 1.29 is 24.5 Å². The van der Waals surface area contributed by atoms with E-state index in [1.165, 1.54) is 0 Å². The van der Waals surface area contributed by atoms with E-state index in [-0.39, 0.29) is 29.5 Å². The van der Waals surface area contributed by atoms with Gasteiger partial charge < -0.3 is 14.9 Å². The van der Waals surface area contributed by atoms with Crippen LogP contribution < -0.4 is 0 Å². The monoisotopic (exact) mass is 380 g/mol. The van der Waals surface area contributed by atoms with Crippen molar-refractivity contribution in [1.29, 1.82) is 0 Å². The number of carbonyl (C=O) groups is 2. The van der Waals surface area contributed by atoms with Gasteiger partial charge in [-0.1, -0.05) is 47.5 Å². The summed E-state index contributed by atoms with van der Waals surface area (Å²) in [7, 11) is 0. The first-order valence-electron chi connectivity index (χ1n) is 10.00. The molecule has 0 aromatic heterocycles. The third-order valence-electron chi connectivity index (χ3n) is 6.75. The average molecular weight is 381 g/mol. The summed E-state index contributed by atoms with van der Waals surface area (Å²) in [6.45, 7) is 12.9. The molecule has 2 N–H and O–H groups in total. The molecule has 1 rings (SSSR count). The summed E-state index contributed by atoms with van der Waals surface area (Å²) >= 11 is 0. The van der Waals surface area contributed by atoms with Crippen molar-refractivity contribution in [2.75, 3.05) is 0 Å². The number of hydrogen-bond acceptors (Lipinski definition) is 5. The molecule has 0 aliphatic carbocycles. The minimum absolute atomic E-state index is 0.0193. The highest BCUT2D eigenvalue weighted by molar-refractivity contribution is 5.83. The first-order chi connectivity index (χ1) is 12.4. The van der Waals surface area contributed by atoms with Gasteiger partial charge in [-0.2, -0.15) is 0 Å². The molecule has 0 aromatic carbocycles. The zero-order chi connectivity index (χ0) is 21.0. The van der Waals surface area contributed by atoms with Crippen LogP contribution in [0.3, 0.4) is 0 Å². The zero-order valence-corrected chi connectivity index (χ0v) is 17.7. The number of hydrogen-bond donors (Lipinski definition) is 2. The third kappa shape index (κ3) is 5.33. The second-order valence-electron chi connectivity index (χ2n) is 8.68. The van der Waals surface area contributed by atoms with E-state index < -0.39 is 42.0 Å². The smallest absolute Gasteiger partial charge is 0.312 e. The molecule has 154 valence electrons. The first-order valence-corrected chi connectivity index (χ1v) is 10.00. The van der Waals surface area contributed by atoms with Gasteiger partial charge in [-0.15, -0.1) is 6.42 Å². The van der Waals surface area contributed by atoms with Gasteiger partial charge >= 0.3 is 5.97 Å². The number of Topliss-reactive ketones (excluding diaryl/α,β-unsaturated/α-hetero) is 1. The van der Waals surface area contributed by atoms with Gasteiger partial charge in [0, 0.05) is 17.8 Å². The van der Waals surface area contributed by atoms with Crippen LogP contribution in [-0.2, 0) is 14.3 Å². The Balaban J connectivity index is 3.25. The maximum Gasteiger partial charge on any atom is 0.312 e. The predicted molar refractivity (Wildman–Crippen MR) is 104 cm³/mol. The van der Waals surface area contributed by atoms with Crippen LogP contribution in [0.1, 0.15) is 54.9 Å². The topological polar surface area (TPSA) is 83.8 Å². The molecule has 0 amide bonds. The van der Waals surface area contributed by atoms with Gasteiger partial charge in [-0.3, -0.25) is 9.59 Å². The van der Waals surface area contributed by atoms with E-state index in [9.17, 15) is 19.8 Å². The number of aliphatic hydroxyl groups is 2. The Hall–Kier alpha value is -1.38. The summed E-state index contributed by atoms with van der Waals surface area (Å²) in [4.78, 5) is 25.3. The number of terminal acetylenes is 1. The quantitative estimate of drug-likeness (QED) is 0.499. The van der Waals surface area contributed by atoms with Crippen LogP contribution in [0, 0.1) is 53.8 Å². The Bertz CT molecular complexity index is 566. The molecule has 5 heteroatoms. The summed E-state index contributed by atoms with van der Waals surface area (Å²) in [5.74, 6) is -0.180. The Kier molecular flexibility index (Phi) is 8.50. The maximum atomic E-state index is 12.8. The van der Waals surface area contributed by atoms with Crippen LogP contribution in [0.15, 0.2) is 0 Å². The normalized spacial score (nSPS) is 45.5. The summed E-state index contributed by atoms with van der Waals surface area (Å²) < 4.78 is 5.42. The summed E-state index contributed by atoms with van der Waals surface area (Å²) in [6, 6.07) is 0. The van der Waals surface area contributed by atoms with E-state index in [1.807, 2.05) is 20.8 Å². The molecule has 1 aliphatic heterocycles. The Morgan fingerprint density at radius 2 is 1.41 bits per heavy atom. The predicted octanol–water partition coefficient (Wildman–Crippen LogP) is 2.68. The largest absolute Gasteiger partial charge is 0.448 e. The van der Waals surface area contributed by atoms with Gasteiger partial charge in [0.2, 0.25) is 0 Å². The van der Waals surface area contributed by atoms with Gasteiger partial charge in [0.05, 0.1) is 18.1 Å². The molecule has 0 spiro atoms. The summed E-state index contributed by atoms with van der Waals surface area (Å²) in [5.41, 5.74) is 0. The van der Waals surface area contributed by atoms with Gasteiger partial charge in [-0.25, -0.2) is 0 Å². The number of ether oxygens (including phenoxy) is 1. The van der Waals surface area contributed by atoms with E-state index >= 15 is 0 Å². The fourth-order valence-electron chi connectivity index (χ4n) is 4.09. The van der Waals surface area contributed by atoms with Crippen LogP contribution in [0.5, 0.6) is 0 Å². The molecule has 1 fully saturated rings. The Labute approximate surface area is 163 Å². The molecule has 1 heterocycles. The molecule has 0 saturated carbocycles. The highest BCUT2D eigenvalue weighted by Crippen LogP contribution is 2.33. The van der Waals surface area contributed by atoms with Gasteiger partial charge in [-0.05, 0) is 31.1 Å². The fraction of sp³-hybridized carbons (Fsp3) is 0.818. The molecule has 0 aromatic rings. The van der Waals surface area contributed by atoms with Crippen LogP contribution >= 0.6 is 0 Å². The van der Waals surface area contributed by atoms with Crippen molar-refractivity contribution in [3.05, 3.63) is 0 Å². The number of esters is 1. The van der Waals surface area contributed by atoms with Crippen LogP contribution in [0.2, 0.25) is 0 Å². The number of carbonyl (C=O) groups excluding carboxylic acids is 2. The second-order valence-corrected chi connectivity index (χ2v) is 8.68. The molecule has 0 radical (unpaired) electrons. The summed E-state index contributed by atoms with van der Waals surface area (Å²) in [5, 5.41) is 21.3. The lowest BCUT2D eigenvalue weighted by Gasteiger charge is -2.35. The molecule has 10 atom stereocenters.